The Balaban J connectivity index is 1.96. The van der Waals surface area contributed by atoms with Crippen LogP contribution >= 0.6 is 0 Å². The first-order valence-electron chi connectivity index (χ1n) is 8.24. The lowest BCUT2D eigenvalue weighted by Gasteiger charge is -2.35. The van der Waals surface area contributed by atoms with Gasteiger partial charge in [0.05, 0.1) is 13.2 Å². The fourth-order valence-corrected chi connectivity index (χ4v) is 2.73. The Labute approximate surface area is 133 Å². The number of benzene rings is 1. The third kappa shape index (κ3) is 5.67. The lowest BCUT2D eigenvalue weighted by molar-refractivity contribution is 0.0161. The molecule has 1 aromatic carbocycles. The average Bonchev–Trinajstić information content (AvgIpc) is 2.48. The van der Waals surface area contributed by atoms with Gasteiger partial charge in [0.25, 0.3) is 0 Å². The van der Waals surface area contributed by atoms with E-state index in [4.69, 9.17) is 4.74 Å². The van der Waals surface area contributed by atoms with Gasteiger partial charge in [-0.1, -0.05) is 32.9 Å². The number of nitrogens with zero attached hydrogens (tertiary/aromatic N) is 1. The van der Waals surface area contributed by atoms with Crippen LogP contribution in [0.5, 0.6) is 0 Å². The van der Waals surface area contributed by atoms with Gasteiger partial charge >= 0.3 is 0 Å². The van der Waals surface area contributed by atoms with Gasteiger partial charge in [-0.3, -0.25) is 4.90 Å². The smallest absolute Gasteiger partial charge is 0.123 e. The van der Waals surface area contributed by atoms with Crippen molar-refractivity contribution in [1.82, 2.24) is 10.2 Å². The van der Waals surface area contributed by atoms with Crippen molar-refractivity contribution in [3.05, 3.63) is 35.6 Å². The first-order valence-corrected chi connectivity index (χ1v) is 8.24. The molecule has 1 aliphatic heterocycles. The molecule has 124 valence electrons. The number of hydrogen-bond acceptors (Lipinski definition) is 3. The SMILES string of the molecule is CC(C)(C)CCNCC(c1ccc(F)cc1)N1CCOCC1. The number of nitrogens with one attached hydrogen (secondary N) is 1. The van der Waals surface area contributed by atoms with Crippen LogP contribution in [0.3, 0.4) is 0 Å². The van der Waals surface area contributed by atoms with Gasteiger partial charge in [0.2, 0.25) is 0 Å². The highest BCUT2D eigenvalue weighted by molar-refractivity contribution is 5.20. The first kappa shape index (κ1) is 17.4. The maximum Gasteiger partial charge on any atom is 0.123 e. The highest BCUT2D eigenvalue weighted by Crippen LogP contribution is 2.22. The van der Waals surface area contributed by atoms with E-state index in [1.165, 1.54) is 5.56 Å². The van der Waals surface area contributed by atoms with E-state index in [1.54, 1.807) is 12.1 Å². The van der Waals surface area contributed by atoms with E-state index in [-0.39, 0.29) is 11.9 Å². The Bertz CT molecular complexity index is 435. The molecule has 1 unspecified atom stereocenters. The fourth-order valence-electron chi connectivity index (χ4n) is 2.73. The van der Waals surface area contributed by atoms with E-state index in [0.717, 1.165) is 45.8 Å². The summed E-state index contributed by atoms with van der Waals surface area (Å²) in [5.41, 5.74) is 1.52. The van der Waals surface area contributed by atoms with Crippen LogP contribution in [-0.2, 0) is 4.74 Å². The Morgan fingerprint density at radius 2 is 1.82 bits per heavy atom. The normalized spacial score (nSPS) is 18.4. The standard InChI is InChI=1S/C18H29FN2O/c1-18(2,3)8-9-20-14-17(21-10-12-22-13-11-21)15-4-6-16(19)7-5-15/h4-7,17,20H,8-14H2,1-3H3. The van der Waals surface area contributed by atoms with Crippen molar-refractivity contribution in [2.45, 2.75) is 33.2 Å². The Hall–Kier alpha value is -0.970. The molecule has 0 aliphatic carbocycles. The maximum absolute atomic E-state index is 13.2. The van der Waals surface area contributed by atoms with Gasteiger partial charge in [-0.25, -0.2) is 4.39 Å². The van der Waals surface area contributed by atoms with Gasteiger partial charge in [0.1, 0.15) is 5.82 Å². The zero-order chi connectivity index (χ0) is 16.0. The van der Waals surface area contributed by atoms with Crippen LogP contribution in [0.2, 0.25) is 0 Å². The summed E-state index contributed by atoms with van der Waals surface area (Å²) in [7, 11) is 0. The molecule has 0 bridgehead atoms. The summed E-state index contributed by atoms with van der Waals surface area (Å²) in [4.78, 5) is 2.43. The zero-order valence-electron chi connectivity index (χ0n) is 14.1. The van der Waals surface area contributed by atoms with Crippen molar-refractivity contribution in [3.63, 3.8) is 0 Å². The highest BCUT2D eigenvalue weighted by Gasteiger charge is 2.22. The van der Waals surface area contributed by atoms with E-state index in [1.807, 2.05) is 12.1 Å². The maximum atomic E-state index is 13.2. The number of ether oxygens (including phenoxy) is 1. The molecule has 1 N–H and O–H groups in total. The molecule has 1 atom stereocenters. The molecule has 0 spiro atoms. The second kappa shape index (κ2) is 8.04. The number of rotatable bonds is 6. The molecule has 0 amide bonds. The molecule has 2 rings (SSSR count). The summed E-state index contributed by atoms with van der Waals surface area (Å²) in [6.45, 7) is 12.1. The molecule has 0 radical (unpaired) electrons. The minimum atomic E-state index is -0.176. The summed E-state index contributed by atoms with van der Waals surface area (Å²) in [5.74, 6) is -0.176. The third-order valence-electron chi connectivity index (χ3n) is 4.13. The van der Waals surface area contributed by atoms with Gasteiger partial charge in [0.15, 0.2) is 0 Å². The summed E-state index contributed by atoms with van der Waals surface area (Å²) in [5, 5.41) is 3.58. The Morgan fingerprint density at radius 3 is 2.41 bits per heavy atom. The van der Waals surface area contributed by atoms with E-state index in [0.29, 0.717) is 5.41 Å². The Morgan fingerprint density at radius 1 is 1.18 bits per heavy atom. The molecule has 1 fully saturated rings. The highest BCUT2D eigenvalue weighted by atomic mass is 19.1. The van der Waals surface area contributed by atoms with Crippen molar-refractivity contribution in [2.24, 2.45) is 5.41 Å². The number of morpholine rings is 1. The third-order valence-corrected chi connectivity index (χ3v) is 4.13. The van der Waals surface area contributed by atoms with Gasteiger partial charge in [-0.15, -0.1) is 0 Å². The van der Waals surface area contributed by atoms with Crippen LogP contribution in [0.4, 0.5) is 4.39 Å². The van der Waals surface area contributed by atoms with Crippen LogP contribution < -0.4 is 5.32 Å². The van der Waals surface area contributed by atoms with Gasteiger partial charge < -0.3 is 10.1 Å². The molecule has 22 heavy (non-hydrogen) atoms. The number of hydrogen-bond donors (Lipinski definition) is 1. The molecule has 1 saturated heterocycles. The van der Waals surface area contributed by atoms with Crippen LogP contribution in [0.25, 0.3) is 0 Å². The topological polar surface area (TPSA) is 24.5 Å². The molecule has 4 heteroatoms. The van der Waals surface area contributed by atoms with Gasteiger partial charge in [-0.2, -0.15) is 0 Å². The summed E-state index contributed by atoms with van der Waals surface area (Å²) in [6, 6.07) is 7.20. The second-order valence-electron chi connectivity index (χ2n) is 7.23. The monoisotopic (exact) mass is 308 g/mol. The minimum Gasteiger partial charge on any atom is -0.379 e. The van der Waals surface area contributed by atoms with Crippen LogP contribution in [0.1, 0.15) is 38.8 Å². The molecular weight excluding hydrogens is 279 g/mol. The first-order chi connectivity index (χ1) is 10.5. The van der Waals surface area contributed by atoms with Crippen molar-refractivity contribution >= 4 is 0 Å². The second-order valence-corrected chi connectivity index (χ2v) is 7.23. The van der Waals surface area contributed by atoms with E-state index in [2.05, 4.69) is 31.0 Å². The average molecular weight is 308 g/mol. The minimum absolute atomic E-state index is 0.176. The molecule has 0 aromatic heterocycles. The molecule has 0 saturated carbocycles. The summed E-state index contributed by atoms with van der Waals surface area (Å²) >= 11 is 0. The van der Waals surface area contributed by atoms with Crippen molar-refractivity contribution < 1.29 is 9.13 Å². The lowest BCUT2D eigenvalue weighted by Crippen LogP contribution is -2.43. The quantitative estimate of drug-likeness (QED) is 0.817. The number of halogens is 1. The largest absolute Gasteiger partial charge is 0.379 e. The van der Waals surface area contributed by atoms with E-state index < -0.39 is 0 Å². The molecular formula is C18H29FN2O. The van der Waals surface area contributed by atoms with Crippen LogP contribution in [-0.4, -0.2) is 44.3 Å². The lowest BCUT2D eigenvalue weighted by atomic mass is 9.92. The predicted molar refractivity (Wildman–Crippen MR) is 88.5 cm³/mol. The van der Waals surface area contributed by atoms with Gasteiger partial charge in [0, 0.05) is 25.7 Å². The van der Waals surface area contributed by atoms with E-state index in [9.17, 15) is 4.39 Å². The summed E-state index contributed by atoms with van der Waals surface area (Å²) < 4.78 is 18.6. The summed E-state index contributed by atoms with van der Waals surface area (Å²) in [6.07, 6.45) is 1.15. The van der Waals surface area contributed by atoms with Gasteiger partial charge in [-0.05, 0) is 36.1 Å². The molecule has 1 aliphatic rings. The molecule has 1 aromatic rings. The zero-order valence-corrected chi connectivity index (χ0v) is 14.1. The fraction of sp³-hybridized carbons (Fsp3) is 0.667. The predicted octanol–water partition coefficient (Wildman–Crippen LogP) is 3.22. The van der Waals surface area contributed by atoms with Crippen LogP contribution in [0.15, 0.2) is 24.3 Å². The van der Waals surface area contributed by atoms with Crippen molar-refractivity contribution in [3.8, 4) is 0 Å². The van der Waals surface area contributed by atoms with Crippen LogP contribution in [0, 0.1) is 11.2 Å². The van der Waals surface area contributed by atoms with Crippen molar-refractivity contribution in [1.29, 1.82) is 0 Å². The van der Waals surface area contributed by atoms with Crippen molar-refractivity contribution in [2.75, 3.05) is 39.4 Å². The Kier molecular flexibility index (Phi) is 6.36. The molecule has 3 nitrogen and oxygen atoms in total. The van der Waals surface area contributed by atoms with E-state index >= 15 is 0 Å². The molecule has 1 heterocycles.